The Morgan fingerprint density at radius 3 is 2.39 bits per heavy atom. The van der Waals surface area contributed by atoms with Crippen LogP contribution in [0, 0.1) is 0 Å². The maximum absolute atomic E-state index is 12.6. The number of fused-ring (bicyclic) bond motifs is 1. The molecule has 0 atom stereocenters. The van der Waals surface area contributed by atoms with Crippen LogP contribution in [0.4, 0.5) is 11.5 Å². The second kappa shape index (κ2) is 7.59. The highest BCUT2D eigenvalue weighted by atomic mass is 16.2. The molecule has 142 valence electrons. The van der Waals surface area contributed by atoms with Gasteiger partial charge in [-0.15, -0.1) is 0 Å². The van der Waals surface area contributed by atoms with E-state index in [2.05, 4.69) is 20.3 Å². The lowest BCUT2D eigenvalue weighted by Gasteiger charge is -2.33. The number of carbonyl (C=O) groups is 2. The lowest BCUT2D eigenvalue weighted by molar-refractivity contribution is -0.130. The number of benzene rings is 1. The summed E-state index contributed by atoms with van der Waals surface area (Å²) in [6.45, 7) is 3.63. The Bertz CT molecular complexity index is 1010. The lowest BCUT2D eigenvalue weighted by atomic mass is 10.2. The van der Waals surface area contributed by atoms with Crippen LogP contribution in [0.5, 0.6) is 0 Å². The first-order valence-corrected chi connectivity index (χ1v) is 9.09. The van der Waals surface area contributed by atoms with Gasteiger partial charge in [0.25, 0.3) is 5.91 Å². The summed E-state index contributed by atoms with van der Waals surface area (Å²) in [5.41, 5.74) is 1.96. The van der Waals surface area contributed by atoms with Crippen LogP contribution in [0.2, 0.25) is 0 Å². The standard InChI is InChI=1S/C20H20N6O2/c1-14(27)25-8-10-26(11-9-25)20(28)17-12-23-18(13-22-17)24-16-6-2-4-15-5-3-7-21-19(15)16/h2-7,12-13H,8-11H2,1H3,(H,23,24). The summed E-state index contributed by atoms with van der Waals surface area (Å²) in [4.78, 5) is 40.4. The molecule has 2 amide bonds. The molecule has 3 heterocycles. The predicted molar refractivity (Wildman–Crippen MR) is 105 cm³/mol. The highest BCUT2D eigenvalue weighted by Gasteiger charge is 2.24. The summed E-state index contributed by atoms with van der Waals surface area (Å²) >= 11 is 0. The molecule has 1 aromatic carbocycles. The molecule has 0 radical (unpaired) electrons. The van der Waals surface area contributed by atoms with Gasteiger partial charge in [0.05, 0.1) is 23.6 Å². The minimum atomic E-state index is -0.172. The van der Waals surface area contributed by atoms with Gasteiger partial charge in [0.2, 0.25) is 5.91 Å². The van der Waals surface area contributed by atoms with Gasteiger partial charge in [0.1, 0.15) is 11.5 Å². The van der Waals surface area contributed by atoms with Gasteiger partial charge in [-0.3, -0.25) is 14.6 Å². The van der Waals surface area contributed by atoms with Crippen molar-refractivity contribution in [3.05, 3.63) is 54.6 Å². The van der Waals surface area contributed by atoms with E-state index in [9.17, 15) is 9.59 Å². The first kappa shape index (κ1) is 17.8. The quantitative estimate of drug-likeness (QED) is 0.752. The van der Waals surface area contributed by atoms with Gasteiger partial charge in [-0.05, 0) is 12.1 Å². The topological polar surface area (TPSA) is 91.3 Å². The van der Waals surface area contributed by atoms with Crippen LogP contribution in [0.15, 0.2) is 48.9 Å². The maximum atomic E-state index is 12.6. The molecule has 1 fully saturated rings. The van der Waals surface area contributed by atoms with Gasteiger partial charge < -0.3 is 15.1 Å². The fraction of sp³-hybridized carbons (Fsp3) is 0.250. The van der Waals surface area contributed by atoms with Crippen LogP contribution < -0.4 is 5.32 Å². The Hall–Kier alpha value is -3.55. The van der Waals surface area contributed by atoms with Crippen molar-refractivity contribution in [2.24, 2.45) is 0 Å². The van der Waals surface area contributed by atoms with E-state index in [0.717, 1.165) is 16.6 Å². The molecule has 1 N–H and O–H groups in total. The summed E-state index contributed by atoms with van der Waals surface area (Å²) in [6, 6.07) is 9.74. The fourth-order valence-corrected chi connectivity index (χ4v) is 3.23. The number of hydrogen-bond acceptors (Lipinski definition) is 6. The third kappa shape index (κ3) is 3.62. The van der Waals surface area contributed by atoms with Crippen LogP contribution in [0.25, 0.3) is 10.9 Å². The number of amides is 2. The second-order valence-corrected chi connectivity index (χ2v) is 6.59. The molecule has 8 heteroatoms. The molecule has 3 aromatic rings. The van der Waals surface area contributed by atoms with Gasteiger partial charge in [-0.1, -0.05) is 18.2 Å². The molecule has 8 nitrogen and oxygen atoms in total. The molecule has 0 bridgehead atoms. The molecule has 28 heavy (non-hydrogen) atoms. The molecule has 1 aliphatic rings. The molecule has 0 spiro atoms. The molecular weight excluding hydrogens is 356 g/mol. The predicted octanol–water partition coefficient (Wildman–Crippen LogP) is 2.07. The molecule has 0 saturated carbocycles. The van der Waals surface area contributed by atoms with Gasteiger partial charge in [0, 0.05) is 44.7 Å². The molecular formula is C20H20N6O2. The number of pyridine rings is 1. The summed E-state index contributed by atoms with van der Waals surface area (Å²) in [5.74, 6) is 0.399. The first-order chi connectivity index (χ1) is 13.6. The molecule has 2 aromatic heterocycles. The van der Waals surface area contributed by atoms with E-state index < -0.39 is 0 Å². The Morgan fingerprint density at radius 1 is 0.929 bits per heavy atom. The molecule has 1 aliphatic heterocycles. The number of hydrogen-bond donors (Lipinski definition) is 1. The Kier molecular flexibility index (Phi) is 4.84. The maximum Gasteiger partial charge on any atom is 0.274 e. The first-order valence-electron chi connectivity index (χ1n) is 9.09. The van der Waals surface area contributed by atoms with E-state index in [1.807, 2.05) is 30.3 Å². The van der Waals surface area contributed by atoms with Crippen molar-refractivity contribution in [3.63, 3.8) is 0 Å². The van der Waals surface area contributed by atoms with Crippen molar-refractivity contribution in [2.75, 3.05) is 31.5 Å². The van der Waals surface area contributed by atoms with Crippen molar-refractivity contribution in [3.8, 4) is 0 Å². The van der Waals surface area contributed by atoms with E-state index in [0.29, 0.717) is 32.0 Å². The average Bonchev–Trinajstić information content (AvgIpc) is 2.74. The highest BCUT2D eigenvalue weighted by Crippen LogP contribution is 2.23. The van der Waals surface area contributed by atoms with E-state index in [-0.39, 0.29) is 17.5 Å². The van der Waals surface area contributed by atoms with Crippen LogP contribution in [0.3, 0.4) is 0 Å². The smallest absolute Gasteiger partial charge is 0.274 e. The van der Waals surface area contributed by atoms with Gasteiger partial charge in [0.15, 0.2) is 0 Å². The average molecular weight is 376 g/mol. The number of carbonyl (C=O) groups excluding carboxylic acids is 2. The van der Waals surface area contributed by atoms with Crippen molar-refractivity contribution < 1.29 is 9.59 Å². The molecule has 0 aliphatic carbocycles. The molecule has 1 saturated heterocycles. The summed E-state index contributed by atoms with van der Waals surface area (Å²) in [6.07, 6.45) is 4.76. The van der Waals surface area contributed by atoms with Gasteiger partial charge in [-0.25, -0.2) is 9.97 Å². The van der Waals surface area contributed by atoms with Crippen LogP contribution >= 0.6 is 0 Å². The zero-order chi connectivity index (χ0) is 19.5. The second-order valence-electron chi connectivity index (χ2n) is 6.59. The number of aromatic nitrogens is 3. The SMILES string of the molecule is CC(=O)N1CCN(C(=O)c2cnc(Nc3cccc4cccnc34)cn2)CC1. The van der Waals surface area contributed by atoms with E-state index >= 15 is 0 Å². The van der Waals surface area contributed by atoms with E-state index in [1.54, 1.807) is 29.1 Å². The van der Waals surface area contributed by atoms with Crippen molar-refractivity contribution in [2.45, 2.75) is 6.92 Å². The van der Waals surface area contributed by atoms with Crippen LogP contribution in [0.1, 0.15) is 17.4 Å². The molecule has 0 unspecified atom stereocenters. The van der Waals surface area contributed by atoms with Crippen molar-refractivity contribution in [1.29, 1.82) is 0 Å². The van der Waals surface area contributed by atoms with Crippen LogP contribution in [-0.4, -0.2) is 62.7 Å². The zero-order valence-corrected chi connectivity index (χ0v) is 15.5. The highest BCUT2D eigenvalue weighted by molar-refractivity contribution is 5.93. The Balaban J connectivity index is 1.45. The minimum Gasteiger partial charge on any atom is -0.339 e. The summed E-state index contributed by atoms with van der Waals surface area (Å²) < 4.78 is 0. The van der Waals surface area contributed by atoms with Gasteiger partial charge >= 0.3 is 0 Å². The van der Waals surface area contributed by atoms with Crippen molar-refractivity contribution in [1.82, 2.24) is 24.8 Å². The van der Waals surface area contributed by atoms with Crippen LogP contribution in [-0.2, 0) is 4.79 Å². The largest absolute Gasteiger partial charge is 0.339 e. The number of para-hydroxylation sites is 1. The molecule has 4 rings (SSSR count). The summed E-state index contributed by atoms with van der Waals surface area (Å²) in [5, 5.41) is 4.23. The third-order valence-corrected chi connectivity index (χ3v) is 4.78. The normalized spacial score (nSPS) is 14.2. The number of anilines is 2. The van der Waals surface area contributed by atoms with E-state index in [4.69, 9.17) is 0 Å². The Morgan fingerprint density at radius 2 is 1.68 bits per heavy atom. The van der Waals surface area contributed by atoms with Crippen molar-refractivity contribution >= 4 is 34.2 Å². The Labute approximate surface area is 162 Å². The zero-order valence-electron chi connectivity index (χ0n) is 15.5. The number of piperazine rings is 1. The number of nitrogens with zero attached hydrogens (tertiary/aromatic N) is 5. The lowest BCUT2D eigenvalue weighted by Crippen LogP contribution is -2.50. The van der Waals surface area contributed by atoms with E-state index in [1.165, 1.54) is 6.20 Å². The van der Waals surface area contributed by atoms with Gasteiger partial charge in [-0.2, -0.15) is 0 Å². The third-order valence-electron chi connectivity index (χ3n) is 4.78. The summed E-state index contributed by atoms with van der Waals surface area (Å²) in [7, 11) is 0. The monoisotopic (exact) mass is 376 g/mol. The fourth-order valence-electron chi connectivity index (χ4n) is 3.23. The number of nitrogens with one attached hydrogen (secondary N) is 1. The number of rotatable bonds is 3. The minimum absolute atomic E-state index is 0.0326.